The molecule has 88 valence electrons. The number of carbonyl (C=O) groups excluding carboxylic acids is 1. The van der Waals surface area contributed by atoms with Crippen molar-refractivity contribution in [3.8, 4) is 0 Å². The maximum absolute atomic E-state index is 12.2. The molecule has 0 atom stereocenters. The van der Waals surface area contributed by atoms with Crippen molar-refractivity contribution in [3.63, 3.8) is 0 Å². The van der Waals surface area contributed by atoms with Crippen LogP contribution in [0, 0.1) is 5.41 Å². The zero-order valence-corrected chi connectivity index (χ0v) is 10.3. The third-order valence-electron chi connectivity index (χ3n) is 3.07. The van der Waals surface area contributed by atoms with Crippen LogP contribution in [0.4, 0.5) is 0 Å². The highest BCUT2D eigenvalue weighted by Crippen LogP contribution is 2.48. The largest absolute Gasteiger partial charge is 0.383 e. The van der Waals surface area contributed by atoms with Gasteiger partial charge in [0.05, 0.1) is 24.4 Å². The fourth-order valence-electron chi connectivity index (χ4n) is 1.64. The van der Waals surface area contributed by atoms with Crippen molar-refractivity contribution in [1.82, 2.24) is 9.78 Å². The number of ether oxygens (including phenoxy) is 1. The second-order valence-electron chi connectivity index (χ2n) is 4.45. The summed E-state index contributed by atoms with van der Waals surface area (Å²) < 4.78 is 6.61. The molecule has 0 amide bonds. The quantitative estimate of drug-likeness (QED) is 0.744. The molecule has 1 aliphatic rings. The Hall–Kier alpha value is -0.870. The Morgan fingerprint density at radius 2 is 2.38 bits per heavy atom. The van der Waals surface area contributed by atoms with Crippen molar-refractivity contribution in [2.45, 2.75) is 26.3 Å². The van der Waals surface area contributed by atoms with Gasteiger partial charge in [-0.25, -0.2) is 0 Å². The molecule has 1 aromatic rings. The van der Waals surface area contributed by atoms with E-state index < -0.39 is 0 Å². The zero-order valence-electron chi connectivity index (χ0n) is 9.49. The third kappa shape index (κ3) is 1.99. The second kappa shape index (κ2) is 4.18. The van der Waals surface area contributed by atoms with Crippen molar-refractivity contribution in [1.29, 1.82) is 0 Å². The first-order chi connectivity index (χ1) is 7.58. The summed E-state index contributed by atoms with van der Waals surface area (Å²) in [5.41, 5.74) is 0.313. The summed E-state index contributed by atoms with van der Waals surface area (Å²) >= 11 is 6.01. The van der Waals surface area contributed by atoms with Crippen LogP contribution in [-0.4, -0.2) is 29.3 Å². The van der Waals surface area contributed by atoms with Gasteiger partial charge in [-0.15, -0.1) is 0 Å². The van der Waals surface area contributed by atoms with Crippen LogP contribution in [0.25, 0.3) is 0 Å². The number of aromatic nitrogens is 2. The first-order valence-electron chi connectivity index (χ1n) is 5.33. The lowest BCUT2D eigenvalue weighted by molar-refractivity contribution is 0.0898. The molecule has 5 heteroatoms. The zero-order chi connectivity index (χ0) is 11.8. The van der Waals surface area contributed by atoms with Crippen molar-refractivity contribution in [2.75, 3.05) is 13.7 Å². The number of rotatable bonds is 5. The van der Waals surface area contributed by atoms with Gasteiger partial charge in [-0.2, -0.15) is 5.10 Å². The van der Waals surface area contributed by atoms with E-state index in [4.69, 9.17) is 16.3 Å². The predicted molar refractivity (Wildman–Crippen MR) is 60.8 cm³/mol. The molecule has 2 rings (SSSR count). The van der Waals surface area contributed by atoms with Gasteiger partial charge in [0.2, 0.25) is 0 Å². The van der Waals surface area contributed by atoms with Crippen molar-refractivity contribution in [3.05, 3.63) is 16.9 Å². The lowest BCUT2D eigenvalue weighted by Gasteiger charge is -2.10. The van der Waals surface area contributed by atoms with Gasteiger partial charge in [-0.05, 0) is 12.8 Å². The summed E-state index contributed by atoms with van der Waals surface area (Å²) in [6.07, 6.45) is 3.41. The Kier molecular flexibility index (Phi) is 3.04. The lowest BCUT2D eigenvalue weighted by Crippen LogP contribution is -2.19. The van der Waals surface area contributed by atoms with Gasteiger partial charge in [-0.1, -0.05) is 18.5 Å². The van der Waals surface area contributed by atoms with Crippen LogP contribution < -0.4 is 0 Å². The number of ketones is 1. The summed E-state index contributed by atoms with van der Waals surface area (Å²) in [5, 5.41) is 4.54. The molecule has 0 aliphatic heterocycles. The van der Waals surface area contributed by atoms with Crippen LogP contribution in [0.2, 0.25) is 5.02 Å². The number of hydrogen-bond acceptors (Lipinski definition) is 3. The SMILES string of the molecule is COCCn1ncc(Cl)c1C(=O)C1(C)CC1. The number of hydrogen-bond donors (Lipinski definition) is 0. The number of halogens is 1. The lowest BCUT2D eigenvalue weighted by atomic mass is 10.0. The third-order valence-corrected chi connectivity index (χ3v) is 3.34. The van der Waals surface area contributed by atoms with Crippen LogP contribution in [0.3, 0.4) is 0 Å². The molecule has 1 aromatic heterocycles. The van der Waals surface area contributed by atoms with E-state index in [0.717, 1.165) is 12.8 Å². The van der Waals surface area contributed by atoms with E-state index in [1.54, 1.807) is 11.8 Å². The minimum atomic E-state index is -0.214. The van der Waals surface area contributed by atoms with Crippen LogP contribution in [0.5, 0.6) is 0 Å². The number of nitrogens with zero attached hydrogens (tertiary/aromatic N) is 2. The van der Waals surface area contributed by atoms with E-state index in [0.29, 0.717) is 23.9 Å². The van der Waals surface area contributed by atoms with Gasteiger partial charge in [0, 0.05) is 12.5 Å². The summed E-state index contributed by atoms with van der Waals surface area (Å²) in [7, 11) is 1.62. The maximum Gasteiger partial charge on any atom is 0.188 e. The molecule has 16 heavy (non-hydrogen) atoms. The molecule has 1 fully saturated rings. The van der Waals surface area contributed by atoms with Gasteiger partial charge < -0.3 is 4.74 Å². The summed E-state index contributed by atoms with van der Waals surface area (Å²) in [6.45, 7) is 3.05. The molecule has 0 spiro atoms. The van der Waals surface area contributed by atoms with Crippen molar-refractivity contribution < 1.29 is 9.53 Å². The summed E-state index contributed by atoms with van der Waals surface area (Å²) in [6, 6.07) is 0. The second-order valence-corrected chi connectivity index (χ2v) is 4.85. The molecule has 0 saturated heterocycles. The average Bonchev–Trinajstić information content (AvgIpc) is 2.90. The Balaban J connectivity index is 2.24. The van der Waals surface area contributed by atoms with E-state index in [1.807, 2.05) is 6.92 Å². The first-order valence-corrected chi connectivity index (χ1v) is 5.71. The molecule has 0 N–H and O–H groups in total. The van der Waals surface area contributed by atoms with E-state index >= 15 is 0 Å². The predicted octanol–water partition coefficient (Wildman–Crippen LogP) is 2.17. The normalized spacial score (nSPS) is 17.4. The van der Waals surface area contributed by atoms with Gasteiger partial charge >= 0.3 is 0 Å². The van der Waals surface area contributed by atoms with Gasteiger partial charge in [-0.3, -0.25) is 9.48 Å². The van der Waals surface area contributed by atoms with Crippen LogP contribution in [-0.2, 0) is 11.3 Å². The highest BCUT2D eigenvalue weighted by atomic mass is 35.5. The van der Waals surface area contributed by atoms with Gasteiger partial charge in [0.15, 0.2) is 5.78 Å². The summed E-state index contributed by atoms with van der Waals surface area (Å²) in [4.78, 5) is 12.2. The molecule has 0 aromatic carbocycles. The van der Waals surface area contributed by atoms with Crippen LogP contribution in [0.15, 0.2) is 6.20 Å². The molecule has 1 saturated carbocycles. The summed E-state index contributed by atoms with van der Waals surface area (Å²) in [5.74, 6) is 0.103. The van der Waals surface area contributed by atoms with Gasteiger partial charge in [0.25, 0.3) is 0 Å². The number of methoxy groups -OCH3 is 1. The van der Waals surface area contributed by atoms with E-state index in [1.165, 1.54) is 6.20 Å². The smallest absolute Gasteiger partial charge is 0.188 e. The maximum atomic E-state index is 12.2. The standard InChI is InChI=1S/C11H15ClN2O2/c1-11(3-4-11)10(15)9-8(12)7-13-14(9)5-6-16-2/h7H,3-6H2,1-2H3. The minimum absolute atomic E-state index is 0.103. The van der Waals surface area contributed by atoms with E-state index in [2.05, 4.69) is 5.10 Å². The Labute approximate surface area is 99.5 Å². The molecular weight excluding hydrogens is 228 g/mol. The molecular formula is C11H15ClN2O2. The molecule has 4 nitrogen and oxygen atoms in total. The Morgan fingerprint density at radius 3 is 2.94 bits per heavy atom. The Bertz CT molecular complexity index is 410. The molecule has 0 bridgehead atoms. The highest BCUT2D eigenvalue weighted by Gasteiger charge is 2.46. The van der Waals surface area contributed by atoms with E-state index in [-0.39, 0.29) is 11.2 Å². The first kappa shape index (κ1) is 11.6. The Morgan fingerprint density at radius 1 is 1.69 bits per heavy atom. The fourth-order valence-corrected chi connectivity index (χ4v) is 1.86. The fraction of sp³-hybridized carbons (Fsp3) is 0.636. The van der Waals surface area contributed by atoms with Crippen LogP contribution >= 0.6 is 11.6 Å². The minimum Gasteiger partial charge on any atom is -0.383 e. The highest BCUT2D eigenvalue weighted by molar-refractivity contribution is 6.33. The molecule has 0 unspecified atom stereocenters. The number of carbonyl (C=O) groups is 1. The topological polar surface area (TPSA) is 44.1 Å². The number of Topliss-reactive ketones (excluding diaryl/α,β-unsaturated/α-hetero) is 1. The van der Waals surface area contributed by atoms with Gasteiger partial charge in [0.1, 0.15) is 5.69 Å². The molecule has 1 aliphatic carbocycles. The van der Waals surface area contributed by atoms with Crippen molar-refractivity contribution in [2.24, 2.45) is 5.41 Å². The average molecular weight is 243 g/mol. The molecule has 0 radical (unpaired) electrons. The molecule has 1 heterocycles. The van der Waals surface area contributed by atoms with E-state index in [9.17, 15) is 4.79 Å². The van der Waals surface area contributed by atoms with Crippen LogP contribution in [0.1, 0.15) is 30.3 Å². The monoisotopic (exact) mass is 242 g/mol. The van der Waals surface area contributed by atoms with Crippen molar-refractivity contribution >= 4 is 17.4 Å².